The van der Waals surface area contributed by atoms with Crippen LogP contribution in [0.5, 0.6) is 0 Å². The summed E-state index contributed by atoms with van der Waals surface area (Å²) < 4.78 is 13.9. The Labute approximate surface area is 108 Å². The van der Waals surface area contributed by atoms with Crippen molar-refractivity contribution in [3.8, 4) is 0 Å². The first-order valence-electron chi connectivity index (χ1n) is 5.57. The second-order valence-electron chi connectivity index (χ2n) is 4.10. The summed E-state index contributed by atoms with van der Waals surface area (Å²) in [6.45, 7) is 3.99. The quantitative estimate of drug-likeness (QED) is 0.896. The molecule has 0 aromatic carbocycles. The van der Waals surface area contributed by atoms with Crippen molar-refractivity contribution in [2.45, 2.75) is 30.7 Å². The molecule has 7 heteroatoms. The number of rotatable bonds is 4. The van der Waals surface area contributed by atoms with Gasteiger partial charge in [-0.3, -0.25) is 4.21 Å². The van der Waals surface area contributed by atoms with E-state index in [1.165, 1.54) is 6.33 Å². The van der Waals surface area contributed by atoms with Gasteiger partial charge in [-0.05, 0) is 26.0 Å². The summed E-state index contributed by atoms with van der Waals surface area (Å²) >= 11 is 0. The van der Waals surface area contributed by atoms with Crippen LogP contribution in [0, 0.1) is 0 Å². The molecule has 0 radical (unpaired) electrons. The number of nitrogens with two attached hydrogens (primary N) is 1. The number of anilines is 1. The molecule has 0 bridgehead atoms. The number of nitrogens with zero attached hydrogens (tertiary/aromatic N) is 4. The Bertz CT molecular complexity index is 566. The first-order valence-corrected chi connectivity index (χ1v) is 6.88. The molecule has 1 atom stereocenters. The fourth-order valence-electron chi connectivity index (χ4n) is 1.59. The Balaban J connectivity index is 2.22. The molecule has 96 valence electrons. The van der Waals surface area contributed by atoms with Crippen LogP contribution in [0.1, 0.15) is 25.7 Å². The van der Waals surface area contributed by atoms with Crippen LogP contribution in [0.2, 0.25) is 0 Å². The molecule has 2 heterocycles. The van der Waals surface area contributed by atoms with Gasteiger partial charge in [0.15, 0.2) is 5.03 Å². The highest BCUT2D eigenvalue weighted by Gasteiger charge is 2.15. The molecular weight excluding hydrogens is 250 g/mol. The van der Waals surface area contributed by atoms with E-state index in [0.717, 1.165) is 0 Å². The van der Waals surface area contributed by atoms with E-state index in [1.54, 1.807) is 23.0 Å². The third-order valence-electron chi connectivity index (χ3n) is 2.41. The predicted octanol–water partition coefficient (Wildman–Crippen LogP) is 1.14. The summed E-state index contributed by atoms with van der Waals surface area (Å²) in [6, 6.07) is 3.58. The lowest BCUT2D eigenvalue weighted by Crippen LogP contribution is -2.11. The highest BCUT2D eigenvalue weighted by atomic mass is 32.2. The van der Waals surface area contributed by atoms with E-state index in [1.807, 2.05) is 13.8 Å². The van der Waals surface area contributed by atoms with Crippen molar-refractivity contribution in [1.29, 1.82) is 0 Å². The SMILES string of the molecule is CC(C)n1ncnc1CS(=O)c1ncccc1N. The van der Waals surface area contributed by atoms with E-state index in [2.05, 4.69) is 15.1 Å². The highest BCUT2D eigenvalue weighted by molar-refractivity contribution is 7.84. The van der Waals surface area contributed by atoms with Crippen molar-refractivity contribution < 1.29 is 4.21 Å². The highest BCUT2D eigenvalue weighted by Crippen LogP contribution is 2.16. The van der Waals surface area contributed by atoms with Crippen LogP contribution in [0.15, 0.2) is 29.7 Å². The summed E-state index contributed by atoms with van der Waals surface area (Å²) in [5, 5.41) is 4.50. The van der Waals surface area contributed by atoms with Crippen molar-refractivity contribution in [3.05, 3.63) is 30.5 Å². The monoisotopic (exact) mass is 265 g/mol. The van der Waals surface area contributed by atoms with Gasteiger partial charge in [-0.2, -0.15) is 5.10 Å². The maximum atomic E-state index is 12.2. The number of nitrogen functional groups attached to an aromatic ring is 1. The molecular formula is C11H15N5OS. The first kappa shape index (κ1) is 12.7. The Morgan fingerprint density at radius 1 is 1.44 bits per heavy atom. The number of pyridine rings is 1. The van der Waals surface area contributed by atoms with Gasteiger partial charge in [0.1, 0.15) is 12.2 Å². The van der Waals surface area contributed by atoms with Gasteiger partial charge < -0.3 is 5.73 Å². The van der Waals surface area contributed by atoms with Crippen molar-refractivity contribution in [2.75, 3.05) is 5.73 Å². The minimum Gasteiger partial charge on any atom is -0.396 e. The Morgan fingerprint density at radius 2 is 2.22 bits per heavy atom. The summed E-state index contributed by atoms with van der Waals surface area (Å²) in [7, 11) is -1.31. The van der Waals surface area contributed by atoms with Crippen molar-refractivity contribution in [2.24, 2.45) is 0 Å². The van der Waals surface area contributed by atoms with Crippen LogP contribution in [0.3, 0.4) is 0 Å². The average molecular weight is 265 g/mol. The van der Waals surface area contributed by atoms with Gasteiger partial charge in [-0.1, -0.05) is 0 Å². The van der Waals surface area contributed by atoms with Gasteiger partial charge in [0.05, 0.1) is 22.2 Å². The van der Waals surface area contributed by atoms with Crippen LogP contribution >= 0.6 is 0 Å². The van der Waals surface area contributed by atoms with Crippen molar-refractivity contribution in [3.63, 3.8) is 0 Å². The molecule has 2 rings (SSSR count). The standard InChI is InChI=1S/C11H15N5OS/c1-8(2)16-10(14-7-15-16)6-18(17)11-9(12)4-3-5-13-11/h3-5,7-8H,6,12H2,1-2H3. The molecule has 1 unspecified atom stereocenters. The maximum Gasteiger partial charge on any atom is 0.150 e. The predicted molar refractivity (Wildman–Crippen MR) is 69.2 cm³/mol. The maximum absolute atomic E-state index is 12.2. The van der Waals surface area contributed by atoms with E-state index in [0.29, 0.717) is 16.5 Å². The summed E-state index contributed by atoms with van der Waals surface area (Å²) in [5.74, 6) is 0.938. The lowest BCUT2D eigenvalue weighted by Gasteiger charge is -2.09. The first-order chi connectivity index (χ1) is 8.59. The van der Waals surface area contributed by atoms with E-state index < -0.39 is 10.8 Å². The average Bonchev–Trinajstić information content (AvgIpc) is 2.77. The molecule has 0 aliphatic carbocycles. The lowest BCUT2D eigenvalue weighted by molar-refractivity contribution is 0.513. The largest absolute Gasteiger partial charge is 0.396 e. The van der Waals surface area contributed by atoms with Crippen molar-refractivity contribution in [1.82, 2.24) is 19.7 Å². The Hall–Kier alpha value is -1.76. The summed E-state index contributed by atoms with van der Waals surface area (Å²) in [5.41, 5.74) is 6.19. The zero-order valence-corrected chi connectivity index (χ0v) is 11.1. The third-order valence-corrected chi connectivity index (χ3v) is 3.71. The molecule has 2 aromatic rings. The summed E-state index contributed by atoms with van der Waals surface area (Å²) in [6.07, 6.45) is 3.05. The minimum atomic E-state index is -1.31. The number of hydrogen-bond donors (Lipinski definition) is 1. The molecule has 0 amide bonds. The van der Waals surface area contributed by atoms with Gasteiger partial charge in [0, 0.05) is 12.2 Å². The van der Waals surface area contributed by atoms with Crippen LogP contribution in [0.25, 0.3) is 0 Å². The van der Waals surface area contributed by atoms with Gasteiger partial charge >= 0.3 is 0 Å². The van der Waals surface area contributed by atoms with Gasteiger partial charge in [-0.25, -0.2) is 14.6 Å². The van der Waals surface area contributed by atoms with E-state index >= 15 is 0 Å². The summed E-state index contributed by atoms with van der Waals surface area (Å²) in [4.78, 5) is 8.17. The molecule has 6 nitrogen and oxygen atoms in total. The number of hydrogen-bond acceptors (Lipinski definition) is 5. The second-order valence-corrected chi connectivity index (χ2v) is 5.47. The molecule has 0 fully saturated rings. The van der Waals surface area contributed by atoms with Crippen LogP contribution in [-0.2, 0) is 16.6 Å². The van der Waals surface area contributed by atoms with E-state index in [9.17, 15) is 4.21 Å². The fraction of sp³-hybridized carbons (Fsp3) is 0.364. The molecule has 0 saturated heterocycles. The molecule has 2 aromatic heterocycles. The van der Waals surface area contributed by atoms with Crippen LogP contribution in [0.4, 0.5) is 5.69 Å². The molecule has 0 aliphatic rings. The molecule has 18 heavy (non-hydrogen) atoms. The third kappa shape index (κ3) is 2.56. The van der Waals surface area contributed by atoms with Crippen LogP contribution in [-0.4, -0.2) is 24.0 Å². The molecule has 2 N–H and O–H groups in total. The topological polar surface area (TPSA) is 86.7 Å². The molecule has 0 saturated carbocycles. The van der Waals surface area contributed by atoms with E-state index in [4.69, 9.17) is 5.73 Å². The Morgan fingerprint density at radius 3 is 2.89 bits per heavy atom. The number of aromatic nitrogens is 4. The van der Waals surface area contributed by atoms with Gasteiger partial charge in [0.2, 0.25) is 0 Å². The normalized spacial score (nSPS) is 12.8. The van der Waals surface area contributed by atoms with Gasteiger partial charge in [0.25, 0.3) is 0 Å². The lowest BCUT2D eigenvalue weighted by atomic mass is 10.4. The molecule has 0 spiro atoms. The zero-order chi connectivity index (χ0) is 13.1. The van der Waals surface area contributed by atoms with Gasteiger partial charge in [-0.15, -0.1) is 0 Å². The Kier molecular flexibility index (Phi) is 3.71. The minimum absolute atomic E-state index is 0.181. The second kappa shape index (κ2) is 5.26. The van der Waals surface area contributed by atoms with Crippen LogP contribution < -0.4 is 5.73 Å². The smallest absolute Gasteiger partial charge is 0.150 e. The fourth-order valence-corrected chi connectivity index (χ4v) is 2.68. The van der Waals surface area contributed by atoms with E-state index in [-0.39, 0.29) is 11.8 Å². The van der Waals surface area contributed by atoms with Crippen molar-refractivity contribution >= 4 is 16.5 Å². The zero-order valence-electron chi connectivity index (χ0n) is 10.3. The molecule has 0 aliphatic heterocycles.